The van der Waals surface area contributed by atoms with E-state index >= 15 is 0 Å². The SMILES string of the molecule is CN(C)CC(=O)c1ccc2c(c1)-c1ccc(C(=O)CN(C)C)c3cccc-2c13.Cl.Cl.O.O. The predicted molar refractivity (Wildman–Crippen MR) is 136 cm³/mol. The summed E-state index contributed by atoms with van der Waals surface area (Å²) in [7, 11) is 7.60. The molecule has 6 nitrogen and oxygen atoms in total. The maximum atomic E-state index is 12.7. The lowest BCUT2D eigenvalue weighted by atomic mass is 9.96. The van der Waals surface area contributed by atoms with Gasteiger partial charge in [0.1, 0.15) is 0 Å². The predicted octanol–water partition coefficient (Wildman–Crippen LogP) is 3.17. The van der Waals surface area contributed by atoms with Crippen LogP contribution in [0.15, 0.2) is 48.5 Å². The second-order valence-corrected chi connectivity index (χ2v) is 7.97. The number of benzene rings is 3. The standard InChI is InChI=1S/C24H24N2O2.2ClH.2H2O/c1-25(2)13-22(27)15-8-9-16-18-6-5-7-19-17(23(28)14-26(3)4)10-11-20(24(18)19)21(16)12-15;;;;/h5-12H,13-14H2,1-4H3;2*1H;2*1H2. The molecule has 1 aliphatic carbocycles. The summed E-state index contributed by atoms with van der Waals surface area (Å²) in [4.78, 5) is 29.0. The van der Waals surface area contributed by atoms with E-state index in [9.17, 15) is 9.59 Å². The van der Waals surface area contributed by atoms with Crippen LogP contribution in [0.25, 0.3) is 33.0 Å². The van der Waals surface area contributed by atoms with E-state index in [1.807, 2.05) is 80.5 Å². The lowest BCUT2D eigenvalue weighted by Gasteiger charge is -2.12. The smallest absolute Gasteiger partial charge is 0.177 e. The van der Waals surface area contributed by atoms with Gasteiger partial charge in [0.25, 0.3) is 0 Å². The summed E-state index contributed by atoms with van der Waals surface area (Å²) in [6, 6.07) is 16.0. The number of carbonyl (C=O) groups excluding carboxylic acids is 2. The van der Waals surface area contributed by atoms with Crippen molar-refractivity contribution in [3.05, 3.63) is 59.7 Å². The first-order chi connectivity index (χ1) is 13.4. The van der Waals surface area contributed by atoms with Gasteiger partial charge in [0, 0.05) is 11.1 Å². The molecule has 3 aromatic carbocycles. The largest absolute Gasteiger partial charge is 0.412 e. The number of carbonyl (C=O) groups is 2. The normalized spacial score (nSPS) is 10.6. The Labute approximate surface area is 200 Å². The highest BCUT2D eigenvalue weighted by atomic mass is 35.5. The highest BCUT2D eigenvalue weighted by molar-refractivity contribution is 6.21. The summed E-state index contributed by atoms with van der Waals surface area (Å²) >= 11 is 0. The number of hydrogen-bond acceptors (Lipinski definition) is 4. The molecule has 0 saturated heterocycles. The van der Waals surface area contributed by atoms with Crippen molar-refractivity contribution >= 4 is 47.2 Å². The maximum absolute atomic E-state index is 12.7. The molecule has 0 unspecified atom stereocenters. The molecule has 32 heavy (non-hydrogen) atoms. The minimum Gasteiger partial charge on any atom is -0.412 e. The van der Waals surface area contributed by atoms with Crippen molar-refractivity contribution < 1.29 is 20.5 Å². The summed E-state index contributed by atoms with van der Waals surface area (Å²) < 4.78 is 0. The third kappa shape index (κ3) is 5.18. The van der Waals surface area contributed by atoms with Gasteiger partial charge in [-0.05, 0) is 67.3 Å². The number of ketones is 2. The molecule has 174 valence electrons. The first kappa shape index (κ1) is 29.7. The molecule has 0 amide bonds. The zero-order chi connectivity index (χ0) is 20.0. The van der Waals surface area contributed by atoms with Gasteiger partial charge in [-0.3, -0.25) is 9.59 Å². The highest BCUT2D eigenvalue weighted by Crippen LogP contribution is 2.48. The van der Waals surface area contributed by atoms with Crippen LogP contribution in [0.4, 0.5) is 0 Å². The van der Waals surface area contributed by atoms with Crippen LogP contribution in [0.2, 0.25) is 0 Å². The van der Waals surface area contributed by atoms with Gasteiger partial charge in [0.05, 0.1) is 13.1 Å². The van der Waals surface area contributed by atoms with Crippen molar-refractivity contribution in [1.29, 1.82) is 0 Å². The number of hydrogen-bond donors (Lipinski definition) is 0. The fourth-order valence-electron chi connectivity index (χ4n) is 4.03. The van der Waals surface area contributed by atoms with Crippen molar-refractivity contribution in [3.8, 4) is 22.3 Å². The lowest BCUT2D eigenvalue weighted by Crippen LogP contribution is -2.21. The van der Waals surface area contributed by atoms with Gasteiger partial charge in [0.2, 0.25) is 0 Å². The lowest BCUT2D eigenvalue weighted by molar-refractivity contribution is 0.0950. The number of likely N-dealkylation sites (N-methyl/N-ethyl adjacent to an activating group) is 2. The molecule has 4 rings (SSSR count). The highest BCUT2D eigenvalue weighted by Gasteiger charge is 2.25. The van der Waals surface area contributed by atoms with E-state index in [2.05, 4.69) is 6.07 Å². The molecule has 0 aliphatic heterocycles. The molecule has 0 heterocycles. The second-order valence-electron chi connectivity index (χ2n) is 7.97. The molecule has 8 heteroatoms. The number of fused-ring (bicyclic) bond motifs is 3. The van der Waals surface area contributed by atoms with Gasteiger partial charge in [-0.15, -0.1) is 24.8 Å². The molecule has 3 aromatic rings. The van der Waals surface area contributed by atoms with E-state index in [0.717, 1.165) is 44.2 Å². The summed E-state index contributed by atoms with van der Waals surface area (Å²) in [6.07, 6.45) is 0. The fraction of sp³-hybridized carbons (Fsp3) is 0.250. The molecule has 0 radical (unpaired) electrons. The second kappa shape index (κ2) is 11.5. The quantitative estimate of drug-likeness (QED) is 0.395. The van der Waals surface area contributed by atoms with Crippen LogP contribution in [0.1, 0.15) is 20.7 Å². The molecular weight excluding hydrogens is 451 g/mol. The molecule has 0 bridgehead atoms. The first-order valence-corrected chi connectivity index (χ1v) is 9.43. The van der Waals surface area contributed by atoms with Gasteiger partial charge < -0.3 is 20.8 Å². The average molecular weight is 481 g/mol. The first-order valence-electron chi connectivity index (χ1n) is 9.43. The molecule has 0 aromatic heterocycles. The molecule has 0 spiro atoms. The van der Waals surface area contributed by atoms with Crippen LogP contribution in [-0.2, 0) is 0 Å². The van der Waals surface area contributed by atoms with Crippen LogP contribution in [0.3, 0.4) is 0 Å². The van der Waals surface area contributed by atoms with Crippen LogP contribution in [0, 0.1) is 0 Å². The zero-order valence-corrected chi connectivity index (χ0v) is 20.2. The Morgan fingerprint density at radius 2 is 1.25 bits per heavy atom. The van der Waals surface area contributed by atoms with Gasteiger partial charge >= 0.3 is 0 Å². The summed E-state index contributed by atoms with van der Waals surface area (Å²) in [5, 5.41) is 2.10. The molecule has 0 saturated carbocycles. The van der Waals surface area contributed by atoms with E-state index in [0.29, 0.717) is 13.1 Å². The summed E-state index contributed by atoms with van der Waals surface area (Å²) in [5.41, 5.74) is 5.91. The van der Waals surface area contributed by atoms with Gasteiger partial charge in [-0.1, -0.05) is 42.5 Å². The third-order valence-corrected chi connectivity index (χ3v) is 5.18. The van der Waals surface area contributed by atoms with Crippen LogP contribution >= 0.6 is 24.8 Å². The Balaban J connectivity index is 0.00000240. The van der Waals surface area contributed by atoms with Crippen molar-refractivity contribution in [2.75, 3.05) is 41.3 Å². The Morgan fingerprint density at radius 3 is 1.88 bits per heavy atom. The van der Waals surface area contributed by atoms with Gasteiger partial charge in [-0.2, -0.15) is 0 Å². The van der Waals surface area contributed by atoms with E-state index in [1.54, 1.807) is 0 Å². The van der Waals surface area contributed by atoms with Crippen molar-refractivity contribution in [2.24, 2.45) is 0 Å². The minimum absolute atomic E-state index is 0. The molecule has 0 fully saturated rings. The molecular formula is C24H30Cl2N2O4. The van der Waals surface area contributed by atoms with Crippen LogP contribution < -0.4 is 0 Å². The monoisotopic (exact) mass is 480 g/mol. The fourth-order valence-corrected chi connectivity index (χ4v) is 4.03. The maximum Gasteiger partial charge on any atom is 0.177 e. The zero-order valence-electron chi connectivity index (χ0n) is 18.6. The van der Waals surface area contributed by atoms with Crippen LogP contribution in [0.5, 0.6) is 0 Å². The average Bonchev–Trinajstić information content (AvgIpc) is 2.96. The Morgan fingerprint density at radius 1 is 0.688 bits per heavy atom. The van der Waals surface area contributed by atoms with E-state index < -0.39 is 0 Å². The Bertz CT molecular complexity index is 1130. The summed E-state index contributed by atoms with van der Waals surface area (Å²) in [5.74, 6) is 0.226. The molecule has 1 aliphatic rings. The van der Waals surface area contributed by atoms with E-state index in [-0.39, 0.29) is 47.3 Å². The number of halogens is 2. The van der Waals surface area contributed by atoms with Crippen molar-refractivity contribution in [2.45, 2.75) is 0 Å². The third-order valence-electron chi connectivity index (χ3n) is 5.18. The minimum atomic E-state index is 0. The van der Waals surface area contributed by atoms with Crippen molar-refractivity contribution in [1.82, 2.24) is 9.80 Å². The van der Waals surface area contributed by atoms with Crippen molar-refractivity contribution in [3.63, 3.8) is 0 Å². The topological polar surface area (TPSA) is 104 Å². The molecule has 0 atom stereocenters. The van der Waals surface area contributed by atoms with Gasteiger partial charge in [-0.25, -0.2) is 0 Å². The van der Waals surface area contributed by atoms with Gasteiger partial charge in [0.15, 0.2) is 11.6 Å². The molecule has 4 N–H and O–H groups in total. The number of Topliss-reactive ketones (excluding diaryl/α,β-unsaturated/α-hetero) is 2. The Kier molecular flexibility index (Phi) is 10.7. The van der Waals surface area contributed by atoms with E-state index in [1.165, 1.54) is 0 Å². The Hall–Kier alpha value is -2.32. The number of rotatable bonds is 6. The van der Waals surface area contributed by atoms with Crippen LogP contribution in [-0.4, -0.2) is 73.6 Å². The number of nitrogens with zero attached hydrogens (tertiary/aromatic N) is 2. The summed E-state index contributed by atoms with van der Waals surface area (Å²) in [6.45, 7) is 0.772. The van der Waals surface area contributed by atoms with E-state index in [4.69, 9.17) is 0 Å².